The summed E-state index contributed by atoms with van der Waals surface area (Å²) < 4.78 is 0. The van der Waals surface area contributed by atoms with E-state index in [0.717, 1.165) is 0 Å². The van der Waals surface area contributed by atoms with Gasteiger partial charge >= 0.3 is 11.9 Å². The molecule has 1 fully saturated rings. The number of nitrogens with zero attached hydrogens (tertiary/aromatic N) is 2. The van der Waals surface area contributed by atoms with Crippen LogP contribution < -0.4 is 65.5 Å². The summed E-state index contributed by atoms with van der Waals surface area (Å²) in [5, 5.41) is 59.1. The quantitative estimate of drug-likeness (QED) is 0.0175. The zero-order valence-corrected chi connectivity index (χ0v) is 47.5. The number of phenols is 1. The van der Waals surface area contributed by atoms with E-state index in [1.165, 1.54) is 42.6 Å². The van der Waals surface area contributed by atoms with Gasteiger partial charge in [0.1, 0.15) is 60.1 Å². The lowest BCUT2D eigenvalue weighted by Gasteiger charge is -2.30. The fourth-order valence-electron chi connectivity index (χ4n) is 8.58. The number of aliphatic carboxylic acids is 2. The van der Waals surface area contributed by atoms with Crippen molar-refractivity contribution in [3.63, 3.8) is 0 Å². The normalized spacial score (nSPS) is 16.1. The topological polar surface area (TPSA) is 485 Å². The number of aliphatic hydroxyl groups is 1. The molecule has 1 heterocycles. The molecule has 10 atom stereocenters. The number of aromatic hydroxyl groups is 1. The molecule has 0 unspecified atom stereocenters. The van der Waals surface area contributed by atoms with Crippen molar-refractivity contribution >= 4 is 82.8 Å². The highest BCUT2D eigenvalue weighted by atomic mass is 32.2. The SMILES string of the molecule is CSCC[C@H](NC(=O)[C@H](CC(=O)O)NC(=O)[C@H](CCCCN)NC(=O)[C@H](Cc1ccccc1)NC(=O)[C@H](CO)NC(=O)[C@@H](N)Cc1ccc(O)cc1)C(=O)N1CCC[C@H]1C(=O)N[C@@H](C)C(=O)N[C@H](C)C(=O)N[C@@H](CCCN=C(N)N)C(=O)O. The summed E-state index contributed by atoms with van der Waals surface area (Å²) in [6.07, 6.45) is 1.80. The Bertz CT molecular complexity index is 2560. The summed E-state index contributed by atoms with van der Waals surface area (Å²) in [6.45, 7) is 2.08. The number of aliphatic imine (C=N–C) groups is 1. The number of likely N-dealkylation sites (tertiary alicyclic amines) is 1. The van der Waals surface area contributed by atoms with E-state index in [1.807, 2.05) is 0 Å². The molecule has 2 aromatic rings. The maximum atomic E-state index is 14.3. The van der Waals surface area contributed by atoms with Gasteiger partial charge in [-0.3, -0.25) is 52.9 Å². The number of hydrogen-bond donors (Lipinski definition) is 16. The van der Waals surface area contributed by atoms with Crippen LogP contribution in [0.2, 0.25) is 0 Å². The summed E-state index contributed by atoms with van der Waals surface area (Å²) >= 11 is 1.32. The van der Waals surface area contributed by atoms with Crippen LogP contribution in [0.3, 0.4) is 0 Å². The zero-order valence-electron chi connectivity index (χ0n) is 46.7. The first kappa shape index (κ1) is 69.2. The van der Waals surface area contributed by atoms with Crippen molar-refractivity contribution in [1.29, 1.82) is 0 Å². The van der Waals surface area contributed by atoms with Crippen molar-refractivity contribution in [3.8, 4) is 5.75 Å². The van der Waals surface area contributed by atoms with Gasteiger partial charge in [0.2, 0.25) is 53.2 Å². The number of rotatable bonds is 36. The number of aliphatic hydroxyl groups excluding tert-OH is 1. The van der Waals surface area contributed by atoms with Gasteiger partial charge in [-0.2, -0.15) is 11.8 Å². The second-order valence-corrected chi connectivity index (χ2v) is 20.8. The van der Waals surface area contributed by atoms with Gasteiger partial charge in [0, 0.05) is 19.5 Å². The molecular formula is C53H80N14O15S. The number of carbonyl (C=O) groups excluding carboxylic acids is 9. The highest BCUT2D eigenvalue weighted by molar-refractivity contribution is 7.98. The zero-order chi connectivity index (χ0) is 61.8. The van der Waals surface area contributed by atoms with Gasteiger partial charge in [0.05, 0.1) is 19.1 Å². The van der Waals surface area contributed by atoms with Crippen LogP contribution >= 0.6 is 11.8 Å². The largest absolute Gasteiger partial charge is 0.508 e. The average Bonchev–Trinajstić information content (AvgIpc) is 4.13. The predicted molar refractivity (Wildman–Crippen MR) is 304 cm³/mol. The molecule has 1 aliphatic rings. The van der Waals surface area contributed by atoms with E-state index in [-0.39, 0.29) is 82.7 Å². The van der Waals surface area contributed by atoms with Gasteiger partial charge in [-0.1, -0.05) is 42.5 Å². The van der Waals surface area contributed by atoms with E-state index in [2.05, 4.69) is 47.5 Å². The van der Waals surface area contributed by atoms with Crippen LogP contribution in [0.15, 0.2) is 59.6 Å². The van der Waals surface area contributed by atoms with Gasteiger partial charge in [0.25, 0.3) is 0 Å². The van der Waals surface area contributed by atoms with Crippen molar-refractivity contribution < 1.29 is 73.2 Å². The molecule has 3 rings (SSSR count). The lowest BCUT2D eigenvalue weighted by atomic mass is 10.0. The Morgan fingerprint density at radius 2 is 1.18 bits per heavy atom. The summed E-state index contributed by atoms with van der Waals surface area (Å²) in [5.74, 6) is -10.7. The number of hydrogen-bond acceptors (Lipinski definition) is 17. The third-order valence-corrected chi connectivity index (χ3v) is 13.8. The Labute approximate surface area is 484 Å². The number of amides is 9. The number of unbranched alkanes of at least 4 members (excludes halogenated alkanes) is 1. The molecule has 0 spiro atoms. The molecule has 83 heavy (non-hydrogen) atoms. The molecule has 0 aliphatic carbocycles. The number of nitrogens with one attached hydrogen (secondary N) is 8. The fourth-order valence-corrected chi connectivity index (χ4v) is 9.05. The molecule has 0 aromatic heterocycles. The van der Waals surface area contributed by atoms with Crippen LogP contribution in [-0.2, 0) is 65.6 Å². The van der Waals surface area contributed by atoms with E-state index < -0.39 is 139 Å². The lowest BCUT2D eigenvalue weighted by Crippen LogP contribution is -2.61. The number of nitrogens with two attached hydrogens (primary N) is 4. The van der Waals surface area contributed by atoms with E-state index >= 15 is 0 Å². The minimum atomic E-state index is -1.83. The first-order valence-electron chi connectivity index (χ1n) is 27.0. The van der Waals surface area contributed by atoms with Crippen molar-refractivity contribution in [1.82, 2.24) is 47.4 Å². The molecule has 1 saturated heterocycles. The van der Waals surface area contributed by atoms with E-state index in [4.69, 9.17) is 22.9 Å². The molecule has 29 nitrogen and oxygen atoms in total. The Morgan fingerprint density at radius 1 is 0.639 bits per heavy atom. The van der Waals surface area contributed by atoms with Crippen LogP contribution in [-0.4, -0.2) is 195 Å². The van der Waals surface area contributed by atoms with Crippen molar-refractivity contribution in [3.05, 3.63) is 65.7 Å². The fraction of sp³-hybridized carbons (Fsp3) is 0.547. The lowest BCUT2D eigenvalue weighted by molar-refractivity contribution is -0.143. The molecule has 1 aliphatic heterocycles. The third kappa shape index (κ3) is 24.1. The van der Waals surface area contributed by atoms with E-state index in [0.29, 0.717) is 29.7 Å². The van der Waals surface area contributed by atoms with Crippen molar-refractivity contribution in [2.75, 3.05) is 38.2 Å². The molecule has 9 amide bonds. The monoisotopic (exact) mass is 1180 g/mol. The minimum absolute atomic E-state index is 0.00302. The van der Waals surface area contributed by atoms with Crippen LogP contribution in [0.4, 0.5) is 0 Å². The minimum Gasteiger partial charge on any atom is -0.508 e. The Balaban J connectivity index is 1.77. The van der Waals surface area contributed by atoms with Gasteiger partial charge < -0.3 is 90.8 Å². The Morgan fingerprint density at radius 3 is 1.80 bits per heavy atom. The maximum Gasteiger partial charge on any atom is 0.326 e. The summed E-state index contributed by atoms with van der Waals surface area (Å²) in [6, 6.07) is 0.458. The van der Waals surface area contributed by atoms with Crippen molar-refractivity contribution in [2.24, 2.45) is 27.9 Å². The highest BCUT2D eigenvalue weighted by Gasteiger charge is 2.40. The molecule has 20 N–H and O–H groups in total. The van der Waals surface area contributed by atoms with E-state index in [1.54, 1.807) is 48.7 Å². The summed E-state index contributed by atoms with van der Waals surface area (Å²) in [4.78, 5) is 152. The molecule has 0 radical (unpaired) electrons. The molecule has 30 heteroatoms. The number of carbonyl (C=O) groups is 11. The molecule has 0 bridgehead atoms. The number of phenolic OH excluding ortho intramolecular Hbond substituents is 1. The number of carboxylic acid groups (broad SMARTS) is 2. The van der Waals surface area contributed by atoms with Gasteiger partial charge in [-0.25, -0.2) is 4.79 Å². The first-order valence-corrected chi connectivity index (χ1v) is 28.4. The Hall–Kier alpha value is -8.09. The number of thioether (sulfide) groups is 1. The molecule has 0 saturated carbocycles. The van der Waals surface area contributed by atoms with Gasteiger partial charge in [0.15, 0.2) is 5.96 Å². The van der Waals surface area contributed by atoms with Gasteiger partial charge in [-0.15, -0.1) is 0 Å². The highest BCUT2D eigenvalue weighted by Crippen LogP contribution is 2.21. The smallest absolute Gasteiger partial charge is 0.326 e. The number of carboxylic acids is 2. The standard InChI is InChI=1S/C53H80N14O15S/c1-29(43(72)59-30(2)44(73)63-37(52(81)82)14-9-22-58-53(56)57)60-50(79)41-15-10-23-67(41)51(80)36(20-24-83-3)62-48(77)39(27-42(70)71)65-46(75)35(13-7-8-21-54)61-47(76)38(26-31-11-5-4-6-12-31)64-49(78)40(28-68)66-45(74)34(55)25-32-16-18-33(69)19-17-32/h4-6,11-12,16-19,29-30,34-41,68-69H,7-10,13-15,20-28,54-55H2,1-3H3,(H,59,72)(H,60,79)(H,61,76)(H,62,77)(H,63,73)(H,64,78)(H,65,75)(H,66,74)(H,70,71)(H,81,82)(H4,56,57,58)/t29-,30+,34-,35-,36-,37-,38-,39-,40-,41-/m0/s1. The molecule has 2 aromatic carbocycles. The van der Waals surface area contributed by atoms with Crippen molar-refractivity contribution in [2.45, 2.75) is 145 Å². The first-order chi connectivity index (χ1) is 39.4. The van der Waals surface area contributed by atoms with Crippen LogP contribution in [0.1, 0.15) is 82.8 Å². The summed E-state index contributed by atoms with van der Waals surface area (Å²) in [5.41, 5.74) is 23.6. The predicted octanol–water partition coefficient (Wildman–Crippen LogP) is -4.10. The average molecular weight is 1190 g/mol. The number of guanidine groups is 1. The Kier molecular flexibility index (Phi) is 29.8. The summed E-state index contributed by atoms with van der Waals surface area (Å²) in [7, 11) is 0. The number of benzene rings is 2. The molecular weight excluding hydrogens is 1100 g/mol. The third-order valence-electron chi connectivity index (χ3n) is 13.2. The van der Waals surface area contributed by atoms with Crippen LogP contribution in [0, 0.1) is 0 Å². The second-order valence-electron chi connectivity index (χ2n) is 19.8. The molecule has 458 valence electrons. The van der Waals surface area contributed by atoms with Crippen LogP contribution in [0.25, 0.3) is 0 Å². The van der Waals surface area contributed by atoms with Gasteiger partial charge in [-0.05, 0) is 113 Å². The van der Waals surface area contributed by atoms with Crippen LogP contribution in [0.5, 0.6) is 5.75 Å². The second kappa shape index (κ2) is 35.7. The van der Waals surface area contributed by atoms with E-state index in [9.17, 15) is 73.2 Å². The maximum absolute atomic E-state index is 14.3.